The summed E-state index contributed by atoms with van der Waals surface area (Å²) in [4.78, 5) is 0. The Labute approximate surface area is 113 Å². The van der Waals surface area contributed by atoms with E-state index in [1.807, 2.05) is 7.05 Å². The van der Waals surface area contributed by atoms with Crippen molar-refractivity contribution in [1.29, 1.82) is 0 Å². The molecule has 112 valence electrons. The zero-order chi connectivity index (χ0) is 14.9. The van der Waals surface area contributed by atoms with Gasteiger partial charge in [-0.3, -0.25) is 0 Å². The van der Waals surface area contributed by atoms with Gasteiger partial charge in [-0.2, -0.15) is 0 Å². The van der Waals surface area contributed by atoms with Gasteiger partial charge in [0, 0.05) is 12.1 Å². The van der Waals surface area contributed by atoms with Gasteiger partial charge in [0.05, 0.1) is 0 Å². The molecule has 1 fully saturated rings. The maximum Gasteiger partial charge on any atom is 0.200 e. The van der Waals surface area contributed by atoms with Gasteiger partial charge < -0.3 is 10.6 Å². The average molecular weight is 294 g/mol. The fourth-order valence-corrected chi connectivity index (χ4v) is 2.46. The minimum Gasteiger partial charge on any atom is -0.377 e. The summed E-state index contributed by atoms with van der Waals surface area (Å²) in [5, 5.41) is 5.54. The maximum absolute atomic E-state index is 13.5. The van der Waals surface area contributed by atoms with Crippen molar-refractivity contribution in [2.75, 3.05) is 12.4 Å². The summed E-state index contributed by atoms with van der Waals surface area (Å²) in [6, 6.07) is 0.0253. The SMILES string of the molecule is CNC1CCC(Nc2c(F)c(F)c(F)c(F)c2F)CC1. The molecule has 0 bridgehead atoms. The monoisotopic (exact) mass is 294 g/mol. The Hall–Kier alpha value is -1.37. The van der Waals surface area contributed by atoms with Crippen molar-refractivity contribution in [3.63, 3.8) is 0 Å². The summed E-state index contributed by atoms with van der Waals surface area (Å²) in [5.74, 6) is -9.59. The van der Waals surface area contributed by atoms with E-state index in [0.29, 0.717) is 18.9 Å². The lowest BCUT2D eigenvalue weighted by molar-refractivity contribution is 0.361. The number of nitrogens with one attached hydrogen (secondary N) is 2. The molecule has 0 spiro atoms. The summed E-state index contributed by atoms with van der Waals surface area (Å²) in [5.41, 5.74) is -0.936. The zero-order valence-corrected chi connectivity index (χ0v) is 10.9. The van der Waals surface area contributed by atoms with Gasteiger partial charge in [-0.1, -0.05) is 0 Å². The molecular formula is C13H15F5N2. The van der Waals surface area contributed by atoms with Crippen molar-refractivity contribution in [1.82, 2.24) is 5.32 Å². The van der Waals surface area contributed by atoms with Gasteiger partial charge in [0.2, 0.25) is 5.82 Å². The Morgan fingerprint density at radius 3 is 1.55 bits per heavy atom. The van der Waals surface area contributed by atoms with Crippen LogP contribution in [0.5, 0.6) is 0 Å². The highest BCUT2D eigenvalue weighted by Crippen LogP contribution is 2.30. The lowest BCUT2D eigenvalue weighted by Gasteiger charge is -2.29. The first-order chi connectivity index (χ1) is 9.45. The average Bonchev–Trinajstić information content (AvgIpc) is 2.48. The van der Waals surface area contributed by atoms with Gasteiger partial charge in [0.15, 0.2) is 23.3 Å². The molecule has 0 aliphatic heterocycles. The van der Waals surface area contributed by atoms with Crippen LogP contribution in [-0.4, -0.2) is 19.1 Å². The first-order valence-corrected chi connectivity index (χ1v) is 6.41. The van der Waals surface area contributed by atoms with E-state index in [-0.39, 0.29) is 6.04 Å². The predicted molar refractivity (Wildman–Crippen MR) is 65.0 cm³/mol. The summed E-state index contributed by atoms with van der Waals surface area (Å²) >= 11 is 0. The molecule has 0 unspecified atom stereocenters. The van der Waals surface area contributed by atoms with E-state index in [1.165, 1.54) is 0 Å². The Morgan fingerprint density at radius 1 is 0.700 bits per heavy atom. The lowest BCUT2D eigenvalue weighted by Crippen LogP contribution is -2.35. The van der Waals surface area contributed by atoms with Crippen LogP contribution in [0.3, 0.4) is 0 Å². The maximum atomic E-state index is 13.5. The van der Waals surface area contributed by atoms with Crippen molar-refractivity contribution < 1.29 is 22.0 Å². The zero-order valence-electron chi connectivity index (χ0n) is 10.9. The van der Waals surface area contributed by atoms with Crippen molar-refractivity contribution in [2.24, 2.45) is 0 Å². The van der Waals surface area contributed by atoms with Gasteiger partial charge in [-0.05, 0) is 32.7 Å². The second kappa shape index (κ2) is 5.95. The van der Waals surface area contributed by atoms with Crippen LogP contribution in [0.4, 0.5) is 27.6 Å². The van der Waals surface area contributed by atoms with Crippen LogP contribution in [0, 0.1) is 29.1 Å². The van der Waals surface area contributed by atoms with E-state index < -0.39 is 34.8 Å². The van der Waals surface area contributed by atoms with Crippen molar-refractivity contribution in [3.05, 3.63) is 29.1 Å². The molecule has 0 amide bonds. The highest BCUT2D eigenvalue weighted by molar-refractivity contribution is 5.48. The van der Waals surface area contributed by atoms with E-state index in [4.69, 9.17) is 0 Å². The summed E-state index contributed by atoms with van der Waals surface area (Å²) < 4.78 is 66.0. The molecule has 0 aromatic heterocycles. The first-order valence-electron chi connectivity index (χ1n) is 6.41. The van der Waals surface area contributed by atoms with E-state index in [0.717, 1.165) is 12.8 Å². The number of anilines is 1. The highest BCUT2D eigenvalue weighted by Gasteiger charge is 2.28. The smallest absolute Gasteiger partial charge is 0.200 e. The molecule has 2 N–H and O–H groups in total. The molecular weight excluding hydrogens is 279 g/mol. The first kappa shape index (κ1) is 15.0. The minimum absolute atomic E-state index is 0.298. The standard InChI is InChI=1S/C13H15F5N2/c1-19-6-2-4-7(5-3-6)20-13-11(17)9(15)8(14)10(16)12(13)18/h6-7,19-20H,2-5H2,1H3. The molecule has 20 heavy (non-hydrogen) atoms. The van der Waals surface area contributed by atoms with E-state index in [9.17, 15) is 22.0 Å². The molecule has 1 aromatic rings. The number of benzene rings is 1. The Bertz CT molecular complexity index is 469. The van der Waals surface area contributed by atoms with Gasteiger partial charge in [-0.25, -0.2) is 22.0 Å². The predicted octanol–water partition coefficient (Wildman–Crippen LogP) is 3.32. The fourth-order valence-electron chi connectivity index (χ4n) is 2.46. The van der Waals surface area contributed by atoms with Crippen LogP contribution in [0.15, 0.2) is 0 Å². The molecule has 0 heterocycles. The molecule has 1 aliphatic carbocycles. The highest BCUT2D eigenvalue weighted by atomic mass is 19.2. The Morgan fingerprint density at radius 2 is 1.10 bits per heavy atom. The molecule has 1 saturated carbocycles. The molecule has 0 radical (unpaired) electrons. The minimum atomic E-state index is -2.13. The van der Waals surface area contributed by atoms with Gasteiger partial charge in [0.25, 0.3) is 0 Å². The van der Waals surface area contributed by atoms with E-state index in [2.05, 4.69) is 10.6 Å². The van der Waals surface area contributed by atoms with Crippen molar-refractivity contribution >= 4 is 5.69 Å². The number of hydrogen-bond donors (Lipinski definition) is 2. The van der Waals surface area contributed by atoms with Crippen LogP contribution in [0.2, 0.25) is 0 Å². The van der Waals surface area contributed by atoms with Gasteiger partial charge in [-0.15, -0.1) is 0 Å². The van der Waals surface area contributed by atoms with Crippen LogP contribution in [-0.2, 0) is 0 Å². The van der Waals surface area contributed by atoms with Crippen molar-refractivity contribution in [2.45, 2.75) is 37.8 Å². The van der Waals surface area contributed by atoms with Gasteiger partial charge >= 0.3 is 0 Å². The second-order valence-electron chi connectivity index (χ2n) is 4.93. The topological polar surface area (TPSA) is 24.1 Å². The second-order valence-corrected chi connectivity index (χ2v) is 4.93. The van der Waals surface area contributed by atoms with Crippen LogP contribution >= 0.6 is 0 Å². The summed E-state index contributed by atoms with van der Waals surface area (Å²) in [7, 11) is 1.82. The third-order valence-corrected chi connectivity index (χ3v) is 3.69. The van der Waals surface area contributed by atoms with Crippen LogP contribution < -0.4 is 10.6 Å². The summed E-state index contributed by atoms with van der Waals surface area (Å²) in [6.07, 6.45) is 2.77. The Kier molecular flexibility index (Phi) is 4.47. The molecule has 2 nitrogen and oxygen atoms in total. The fraction of sp³-hybridized carbons (Fsp3) is 0.538. The Balaban J connectivity index is 2.18. The van der Waals surface area contributed by atoms with E-state index in [1.54, 1.807) is 0 Å². The van der Waals surface area contributed by atoms with Gasteiger partial charge in [0.1, 0.15) is 5.69 Å². The van der Waals surface area contributed by atoms with Crippen LogP contribution in [0.1, 0.15) is 25.7 Å². The largest absolute Gasteiger partial charge is 0.377 e. The molecule has 7 heteroatoms. The number of rotatable bonds is 3. The van der Waals surface area contributed by atoms with E-state index >= 15 is 0 Å². The molecule has 0 atom stereocenters. The molecule has 0 saturated heterocycles. The third kappa shape index (κ3) is 2.72. The molecule has 1 aromatic carbocycles. The number of hydrogen-bond acceptors (Lipinski definition) is 2. The normalized spacial score (nSPS) is 22.9. The lowest BCUT2D eigenvalue weighted by atomic mass is 9.91. The van der Waals surface area contributed by atoms with Crippen molar-refractivity contribution in [3.8, 4) is 0 Å². The molecule has 1 aliphatic rings. The summed E-state index contributed by atoms with van der Waals surface area (Å²) in [6.45, 7) is 0. The third-order valence-electron chi connectivity index (χ3n) is 3.69. The quantitative estimate of drug-likeness (QED) is 0.507. The van der Waals surface area contributed by atoms with Crippen LogP contribution in [0.25, 0.3) is 0 Å². The molecule has 2 rings (SSSR count). The number of halogens is 5.